The Kier molecular flexibility index (Phi) is 2.69. The van der Waals surface area contributed by atoms with Crippen molar-refractivity contribution in [2.24, 2.45) is 0 Å². The van der Waals surface area contributed by atoms with Crippen LogP contribution in [0.3, 0.4) is 0 Å². The first-order valence-electron chi connectivity index (χ1n) is 5.70. The minimum atomic E-state index is -3.93. The maximum atomic E-state index is 12.1. The molecule has 1 aliphatic rings. The van der Waals surface area contributed by atoms with Crippen molar-refractivity contribution >= 4 is 33.3 Å². The van der Waals surface area contributed by atoms with Crippen molar-refractivity contribution in [2.75, 3.05) is 10.5 Å². The van der Waals surface area contributed by atoms with Gasteiger partial charge in [-0.2, -0.15) is 5.10 Å². The van der Waals surface area contributed by atoms with Crippen LogP contribution < -0.4 is 15.8 Å². The van der Waals surface area contributed by atoms with E-state index in [0.29, 0.717) is 0 Å². The van der Waals surface area contributed by atoms with Gasteiger partial charge in [0.1, 0.15) is 10.7 Å². The fraction of sp³-hybridized carbons (Fsp3) is 0. The Morgan fingerprint density at radius 2 is 1.86 bits per heavy atom. The first kappa shape index (κ1) is 13.1. The number of benzene rings is 1. The Hall–Kier alpha value is -2.88. The van der Waals surface area contributed by atoms with Crippen molar-refractivity contribution in [1.82, 2.24) is 15.5 Å². The highest BCUT2D eigenvalue weighted by Gasteiger charge is 2.27. The summed E-state index contributed by atoms with van der Waals surface area (Å²) in [6, 6.07) is 4.03. The number of carbonyl (C=O) groups excluding carboxylic acids is 2. The molecule has 0 saturated carbocycles. The van der Waals surface area contributed by atoms with E-state index in [1.807, 2.05) is 0 Å². The molecule has 0 unspecified atom stereocenters. The van der Waals surface area contributed by atoms with E-state index in [4.69, 9.17) is 5.73 Å². The zero-order chi connectivity index (χ0) is 15.2. The highest BCUT2D eigenvalue weighted by molar-refractivity contribution is 7.92. The molecule has 0 bridgehead atoms. The number of hydrogen-bond acceptors (Lipinski definition) is 6. The zero-order valence-electron chi connectivity index (χ0n) is 10.4. The van der Waals surface area contributed by atoms with Crippen LogP contribution in [0.25, 0.3) is 0 Å². The molecule has 2 aromatic rings. The minimum Gasteiger partial charge on any atom is -0.383 e. The minimum absolute atomic E-state index is 0.100. The molecule has 10 heteroatoms. The van der Waals surface area contributed by atoms with Gasteiger partial charge in [-0.1, -0.05) is 0 Å². The number of nitrogens with two attached hydrogens (primary N) is 1. The highest BCUT2D eigenvalue weighted by atomic mass is 32.2. The van der Waals surface area contributed by atoms with Crippen molar-refractivity contribution in [1.29, 1.82) is 0 Å². The van der Waals surface area contributed by atoms with E-state index >= 15 is 0 Å². The molecule has 5 N–H and O–H groups in total. The van der Waals surface area contributed by atoms with Crippen LogP contribution in [-0.2, 0) is 10.0 Å². The molecule has 0 saturated heterocycles. The van der Waals surface area contributed by atoms with Crippen LogP contribution >= 0.6 is 0 Å². The van der Waals surface area contributed by atoms with Gasteiger partial charge in [-0.25, -0.2) is 8.42 Å². The average Bonchev–Trinajstić information content (AvgIpc) is 2.95. The number of sulfonamides is 1. The average molecular weight is 307 g/mol. The number of hydrogen-bond donors (Lipinski definition) is 4. The smallest absolute Gasteiger partial charge is 0.267 e. The van der Waals surface area contributed by atoms with Crippen LogP contribution in [0.5, 0.6) is 0 Å². The Bertz CT molecular complexity index is 870. The highest BCUT2D eigenvalue weighted by Crippen LogP contribution is 2.23. The second-order valence-electron chi connectivity index (χ2n) is 4.30. The third kappa shape index (κ3) is 2.10. The van der Waals surface area contributed by atoms with E-state index in [1.165, 1.54) is 18.2 Å². The predicted molar refractivity (Wildman–Crippen MR) is 72.0 cm³/mol. The number of H-pyrrole nitrogens is 1. The van der Waals surface area contributed by atoms with Crippen LogP contribution in [0.2, 0.25) is 0 Å². The van der Waals surface area contributed by atoms with E-state index in [-0.39, 0.29) is 27.5 Å². The molecule has 108 valence electrons. The second kappa shape index (κ2) is 4.31. The number of anilines is 2. The summed E-state index contributed by atoms with van der Waals surface area (Å²) < 4.78 is 26.5. The monoisotopic (exact) mass is 307 g/mol. The summed E-state index contributed by atoms with van der Waals surface area (Å²) in [6.07, 6.45) is 1.07. The Labute approximate surface area is 118 Å². The summed E-state index contributed by atoms with van der Waals surface area (Å²) in [4.78, 5) is 22.7. The number of rotatable bonds is 3. The quantitative estimate of drug-likeness (QED) is 0.571. The lowest BCUT2D eigenvalue weighted by molar-refractivity contribution is 0.0879. The first-order chi connectivity index (χ1) is 9.88. The largest absolute Gasteiger partial charge is 0.383 e. The maximum Gasteiger partial charge on any atom is 0.267 e. The van der Waals surface area contributed by atoms with Gasteiger partial charge in [0.15, 0.2) is 0 Å². The molecule has 9 nitrogen and oxygen atoms in total. The predicted octanol–water partition coefficient (Wildman–Crippen LogP) is -0.324. The second-order valence-corrected chi connectivity index (χ2v) is 5.95. The number of fused-ring (bicyclic) bond motifs is 1. The number of nitrogen functional groups attached to an aromatic ring is 1. The number of amides is 2. The fourth-order valence-corrected chi connectivity index (χ4v) is 3.01. The van der Waals surface area contributed by atoms with Gasteiger partial charge in [-0.15, -0.1) is 0 Å². The number of carbonyl (C=O) groups is 2. The lowest BCUT2D eigenvalue weighted by Crippen LogP contribution is -2.19. The summed E-state index contributed by atoms with van der Waals surface area (Å²) in [5, 5.41) is 7.97. The molecule has 0 radical (unpaired) electrons. The van der Waals surface area contributed by atoms with E-state index < -0.39 is 21.8 Å². The lowest BCUT2D eigenvalue weighted by atomic mass is 10.1. The lowest BCUT2D eigenvalue weighted by Gasteiger charge is -2.07. The van der Waals surface area contributed by atoms with Crippen LogP contribution in [0.15, 0.2) is 29.3 Å². The summed E-state index contributed by atoms with van der Waals surface area (Å²) in [5.41, 5.74) is 5.91. The molecule has 0 atom stereocenters. The van der Waals surface area contributed by atoms with Gasteiger partial charge in [-0.3, -0.25) is 24.7 Å². The Morgan fingerprint density at radius 3 is 2.52 bits per heavy atom. The summed E-state index contributed by atoms with van der Waals surface area (Å²) in [7, 11) is -3.93. The molecular weight excluding hydrogens is 298 g/mol. The Morgan fingerprint density at radius 1 is 1.14 bits per heavy atom. The van der Waals surface area contributed by atoms with Crippen molar-refractivity contribution in [3.8, 4) is 0 Å². The molecular formula is C11H9N5O4S. The van der Waals surface area contributed by atoms with Gasteiger partial charge in [-0.05, 0) is 18.2 Å². The molecule has 0 spiro atoms. The van der Waals surface area contributed by atoms with Crippen molar-refractivity contribution < 1.29 is 18.0 Å². The normalized spacial score (nSPS) is 13.9. The van der Waals surface area contributed by atoms with Gasteiger partial charge in [0.2, 0.25) is 0 Å². The van der Waals surface area contributed by atoms with Crippen molar-refractivity contribution in [3.05, 3.63) is 35.5 Å². The SMILES string of the molecule is Nc1[nH]ncc1S(=O)(=O)Nc1ccc2c(c1)C(=O)NC2=O. The van der Waals surface area contributed by atoms with Gasteiger partial charge in [0.05, 0.1) is 17.3 Å². The van der Waals surface area contributed by atoms with Gasteiger partial charge in [0.25, 0.3) is 21.8 Å². The molecule has 0 aliphatic carbocycles. The fourth-order valence-electron chi connectivity index (χ4n) is 1.94. The number of aromatic amines is 1. The third-order valence-corrected chi connectivity index (χ3v) is 4.32. The van der Waals surface area contributed by atoms with Crippen LogP contribution in [-0.4, -0.2) is 30.4 Å². The van der Waals surface area contributed by atoms with Crippen LogP contribution in [0, 0.1) is 0 Å². The van der Waals surface area contributed by atoms with Crippen LogP contribution in [0.1, 0.15) is 20.7 Å². The van der Waals surface area contributed by atoms with E-state index in [0.717, 1.165) is 6.20 Å². The molecule has 0 fully saturated rings. The van der Waals surface area contributed by atoms with E-state index in [1.54, 1.807) is 0 Å². The van der Waals surface area contributed by atoms with Crippen LogP contribution in [0.4, 0.5) is 11.5 Å². The van der Waals surface area contributed by atoms with Gasteiger partial charge < -0.3 is 5.73 Å². The molecule has 2 heterocycles. The third-order valence-electron chi connectivity index (χ3n) is 2.91. The molecule has 1 aliphatic heterocycles. The Balaban J connectivity index is 1.97. The molecule has 1 aromatic heterocycles. The molecule has 1 aromatic carbocycles. The summed E-state index contributed by atoms with van der Waals surface area (Å²) >= 11 is 0. The number of imide groups is 1. The number of nitrogens with zero attached hydrogens (tertiary/aromatic N) is 1. The summed E-state index contributed by atoms with van der Waals surface area (Å²) in [5.74, 6) is -1.18. The molecule has 2 amide bonds. The maximum absolute atomic E-state index is 12.1. The van der Waals surface area contributed by atoms with Gasteiger partial charge in [0, 0.05) is 5.69 Å². The number of nitrogens with one attached hydrogen (secondary N) is 3. The first-order valence-corrected chi connectivity index (χ1v) is 7.18. The topological polar surface area (TPSA) is 147 Å². The van der Waals surface area contributed by atoms with Crippen molar-refractivity contribution in [3.63, 3.8) is 0 Å². The summed E-state index contributed by atoms with van der Waals surface area (Å²) in [6.45, 7) is 0. The van der Waals surface area contributed by atoms with Crippen molar-refractivity contribution in [2.45, 2.75) is 4.90 Å². The van der Waals surface area contributed by atoms with Gasteiger partial charge >= 0.3 is 0 Å². The molecule has 21 heavy (non-hydrogen) atoms. The van der Waals surface area contributed by atoms with E-state index in [9.17, 15) is 18.0 Å². The standard InChI is InChI=1S/C11H9N5O4S/c12-9-8(4-13-15-9)21(19,20)16-5-1-2-6-7(3-5)11(18)14-10(6)17/h1-4,16H,(H3,12,13,15)(H,14,17,18). The number of aromatic nitrogens is 2. The molecule has 3 rings (SSSR count). The zero-order valence-corrected chi connectivity index (χ0v) is 11.2. The van der Waals surface area contributed by atoms with E-state index in [2.05, 4.69) is 20.2 Å².